The summed E-state index contributed by atoms with van der Waals surface area (Å²) in [7, 11) is 0. The maximum absolute atomic E-state index is 11.8. The predicted octanol–water partition coefficient (Wildman–Crippen LogP) is 7.96. The zero-order chi connectivity index (χ0) is 25.6. The summed E-state index contributed by atoms with van der Waals surface area (Å²) in [6, 6.07) is 11.3. The summed E-state index contributed by atoms with van der Waals surface area (Å²) in [5.74, 6) is 1.38. The lowest BCUT2D eigenvalue weighted by atomic mass is 10.0. The smallest absolute Gasteiger partial charge is 0.188 e. The van der Waals surface area contributed by atoms with E-state index in [1.807, 2.05) is 36.4 Å². The van der Waals surface area contributed by atoms with Gasteiger partial charge < -0.3 is 9.47 Å². The van der Waals surface area contributed by atoms with Crippen molar-refractivity contribution < 1.29 is 14.3 Å². The van der Waals surface area contributed by atoms with Crippen LogP contribution in [0.1, 0.15) is 90.4 Å². The van der Waals surface area contributed by atoms with Crippen molar-refractivity contribution in [3.8, 4) is 6.07 Å². The van der Waals surface area contributed by atoms with Crippen LogP contribution in [-0.2, 0) is 9.47 Å². The molecule has 0 fully saturated rings. The molecule has 0 aliphatic carbocycles. The molecular weight excluding hydrogens is 422 g/mol. The first-order valence-corrected chi connectivity index (χ1v) is 12.6. The lowest BCUT2D eigenvalue weighted by molar-refractivity contribution is 0.0734. The minimum atomic E-state index is 0.0581. The van der Waals surface area contributed by atoms with Gasteiger partial charge in [-0.15, -0.1) is 0 Å². The van der Waals surface area contributed by atoms with Crippen LogP contribution in [0.5, 0.6) is 0 Å². The average molecular weight is 470 g/mol. The molecule has 0 aromatic heterocycles. The van der Waals surface area contributed by atoms with Gasteiger partial charge in [-0.05, 0) is 78.1 Å². The van der Waals surface area contributed by atoms with Gasteiger partial charge in [-0.25, -0.2) is 0 Å². The summed E-state index contributed by atoms with van der Waals surface area (Å²) >= 11 is 0. The molecular formula is C30H47NO3. The normalized spacial score (nSPS) is 11.9. The maximum Gasteiger partial charge on any atom is 0.188 e. The van der Waals surface area contributed by atoms with Crippen LogP contribution >= 0.6 is 0 Å². The highest BCUT2D eigenvalue weighted by Gasteiger charge is 2.06. The van der Waals surface area contributed by atoms with E-state index >= 15 is 0 Å². The maximum atomic E-state index is 11.8. The first-order valence-electron chi connectivity index (χ1n) is 12.6. The van der Waals surface area contributed by atoms with E-state index in [1.54, 1.807) is 0 Å². The third kappa shape index (κ3) is 20.4. The summed E-state index contributed by atoms with van der Waals surface area (Å²) in [5, 5.41) is 8.25. The fourth-order valence-electron chi connectivity index (χ4n) is 3.16. The molecule has 2 unspecified atom stereocenters. The van der Waals surface area contributed by atoms with E-state index in [9.17, 15) is 4.79 Å². The number of hydrogen-bond donors (Lipinski definition) is 0. The fourth-order valence-corrected chi connectivity index (χ4v) is 3.16. The van der Waals surface area contributed by atoms with Gasteiger partial charge in [0.15, 0.2) is 5.78 Å². The minimum Gasteiger partial charge on any atom is -0.373 e. The Morgan fingerprint density at radius 2 is 1.35 bits per heavy atom. The topological polar surface area (TPSA) is 59.3 Å². The third-order valence-corrected chi connectivity index (χ3v) is 5.43. The monoisotopic (exact) mass is 469 g/mol. The molecule has 0 radical (unpaired) electrons. The quantitative estimate of drug-likeness (QED) is 0.140. The molecule has 34 heavy (non-hydrogen) atoms. The molecule has 1 rings (SSSR count). The van der Waals surface area contributed by atoms with Gasteiger partial charge in [0, 0.05) is 18.8 Å². The highest BCUT2D eigenvalue weighted by molar-refractivity contribution is 5.96. The third-order valence-electron chi connectivity index (χ3n) is 5.43. The molecule has 0 saturated carbocycles. The number of rotatable bonds is 16. The number of allylic oxidation sites excluding steroid dienone is 4. The molecule has 1 aromatic rings. The predicted molar refractivity (Wildman–Crippen MR) is 143 cm³/mol. The van der Waals surface area contributed by atoms with Crippen molar-refractivity contribution in [2.75, 3.05) is 26.4 Å². The molecule has 0 N–H and O–H groups in total. The molecule has 1 aromatic carbocycles. The Morgan fingerprint density at radius 3 is 1.82 bits per heavy atom. The molecule has 0 amide bonds. The van der Waals surface area contributed by atoms with Crippen LogP contribution < -0.4 is 0 Å². The van der Waals surface area contributed by atoms with Crippen molar-refractivity contribution in [1.29, 1.82) is 5.26 Å². The number of Topliss-reactive ketones (excluding diaryl/α,β-unsaturated/α-hetero) is 1. The zero-order valence-corrected chi connectivity index (χ0v) is 22.4. The number of ketones is 1. The number of nitriles is 1. The summed E-state index contributed by atoms with van der Waals surface area (Å²) < 4.78 is 10.6. The van der Waals surface area contributed by atoms with E-state index in [0.717, 1.165) is 31.2 Å². The highest BCUT2D eigenvalue weighted by atomic mass is 16.5. The van der Waals surface area contributed by atoms with Crippen molar-refractivity contribution >= 4 is 5.78 Å². The zero-order valence-electron chi connectivity index (χ0n) is 22.4. The average Bonchev–Trinajstić information content (AvgIpc) is 2.80. The van der Waals surface area contributed by atoms with E-state index in [1.165, 1.54) is 24.0 Å². The lowest BCUT2D eigenvalue weighted by Crippen LogP contribution is -2.11. The summed E-state index contributed by atoms with van der Waals surface area (Å²) in [6.45, 7) is 14.8. The highest BCUT2D eigenvalue weighted by Crippen LogP contribution is 2.12. The van der Waals surface area contributed by atoms with Crippen LogP contribution in [-0.4, -0.2) is 32.2 Å². The largest absolute Gasteiger partial charge is 0.373 e. The molecule has 0 saturated heterocycles. The van der Waals surface area contributed by atoms with E-state index in [2.05, 4.69) is 53.7 Å². The molecule has 0 aliphatic rings. The Balaban J connectivity index is 0.000000686. The Labute approximate surface area is 209 Å². The summed E-state index contributed by atoms with van der Waals surface area (Å²) in [6.07, 6.45) is 11.3. The van der Waals surface area contributed by atoms with E-state index in [0.29, 0.717) is 25.0 Å². The number of carbonyl (C=O) groups excluding carboxylic acids is 1. The van der Waals surface area contributed by atoms with Crippen LogP contribution in [0.15, 0.2) is 53.6 Å². The van der Waals surface area contributed by atoms with Crippen LogP contribution in [0, 0.1) is 23.2 Å². The van der Waals surface area contributed by atoms with Gasteiger partial charge in [-0.1, -0.05) is 67.5 Å². The van der Waals surface area contributed by atoms with E-state index < -0.39 is 0 Å². The number of benzene rings is 1. The van der Waals surface area contributed by atoms with Crippen molar-refractivity contribution in [2.24, 2.45) is 11.8 Å². The van der Waals surface area contributed by atoms with Gasteiger partial charge in [-0.3, -0.25) is 4.79 Å². The first kappa shape index (κ1) is 31.8. The number of nitrogens with zero attached hydrogens (tertiary/aromatic N) is 1. The lowest BCUT2D eigenvalue weighted by Gasteiger charge is -2.10. The Morgan fingerprint density at radius 1 is 0.853 bits per heavy atom. The first-order chi connectivity index (χ1) is 16.3. The molecule has 2 atom stereocenters. The van der Waals surface area contributed by atoms with Gasteiger partial charge in [0.1, 0.15) is 13.2 Å². The molecule has 0 spiro atoms. The molecule has 4 nitrogen and oxygen atoms in total. The number of ether oxygens (including phenoxy) is 2. The van der Waals surface area contributed by atoms with E-state index in [4.69, 9.17) is 14.7 Å². The van der Waals surface area contributed by atoms with Gasteiger partial charge in [0.2, 0.25) is 0 Å². The molecule has 0 bridgehead atoms. The fraction of sp³-hybridized carbons (Fsp3) is 0.600. The minimum absolute atomic E-state index is 0.0581. The van der Waals surface area contributed by atoms with Crippen molar-refractivity contribution in [3.05, 3.63) is 59.2 Å². The Hall–Kier alpha value is -2.22. The van der Waals surface area contributed by atoms with Gasteiger partial charge in [0.05, 0.1) is 6.07 Å². The Kier molecular flexibility index (Phi) is 19.9. The van der Waals surface area contributed by atoms with Crippen molar-refractivity contribution in [1.82, 2.24) is 0 Å². The van der Waals surface area contributed by atoms with Crippen LogP contribution in [0.2, 0.25) is 0 Å². The van der Waals surface area contributed by atoms with Gasteiger partial charge >= 0.3 is 0 Å². The SMILES string of the molecule is CC(C)=CCCC(C)CCOCC#N.CC(C)=CCCC(C)CCOCC(=O)c1ccccc1. The van der Waals surface area contributed by atoms with Crippen molar-refractivity contribution in [2.45, 2.75) is 80.1 Å². The molecule has 0 aliphatic heterocycles. The number of hydrogen-bond acceptors (Lipinski definition) is 4. The van der Waals surface area contributed by atoms with Gasteiger partial charge in [0.25, 0.3) is 0 Å². The van der Waals surface area contributed by atoms with E-state index in [-0.39, 0.29) is 19.0 Å². The standard InChI is InChI=1S/C18H26O2.C12H21NO/c1-15(2)8-7-9-16(3)12-13-20-14-18(19)17-10-5-4-6-11-17;1-11(2)5-4-6-12(3)7-9-14-10-8-13/h4-6,8,10-11,16H,7,9,12-14H2,1-3H3;5,12H,4,6-7,9-10H2,1-3H3. The second-order valence-electron chi connectivity index (χ2n) is 9.56. The Bertz CT molecular complexity index is 738. The second-order valence-corrected chi connectivity index (χ2v) is 9.56. The molecule has 0 heterocycles. The van der Waals surface area contributed by atoms with Gasteiger partial charge in [-0.2, -0.15) is 5.26 Å². The van der Waals surface area contributed by atoms with Crippen LogP contribution in [0.3, 0.4) is 0 Å². The van der Waals surface area contributed by atoms with Crippen LogP contribution in [0.25, 0.3) is 0 Å². The molecule has 190 valence electrons. The molecule has 4 heteroatoms. The second kappa shape index (κ2) is 21.3. The summed E-state index contributed by atoms with van der Waals surface area (Å²) in [5.41, 5.74) is 3.49. The van der Waals surface area contributed by atoms with Crippen LogP contribution in [0.4, 0.5) is 0 Å². The summed E-state index contributed by atoms with van der Waals surface area (Å²) in [4.78, 5) is 11.8. The number of carbonyl (C=O) groups is 1. The van der Waals surface area contributed by atoms with Crippen molar-refractivity contribution in [3.63, 3.8) is 0 Å².